The third-order valence-corrected chi connectivity index (χ3v) is 7.67. The molecule has 4 heterocycles. The van der Waals surface area contributed by atoms with Gasteiger partial charge >= 0.3 is 5.76 Å². The molecule has 0 atom stereocenters. The van der Waals surface area contributed by atoms with Crippen molar-refractivity contribution in [3.05, 3.63) is 92.6 Å². The summed E-state index contributed by atoms with van der Waals surface area (Å²) in [6, 6.07) is 15.9. The monoisotopic (exact) mass is 540 g/mol. The number of hydrogen-bond donors (Lipinski definition) is 1. The molecule has 0 spiro atoms. The second kappa shape index (κ2) is 11.4. The number of aryl methyl sites for hydroxylation is 1. The molecule has 5 aromatic rings. The normalized spacial score (nSPS) is 14.2. The van der Waals surface area contributed by atoms with Crippen molar-refractivity contribution in [1.29, 1.82) is 0 Å². The maximum atomic E-state index is 14.1. The van der Waals surface area contributed by atoms with Crippen molar-refractivity contribution < 1.29 is 9.26 Å². The van der Waals surface area contributed by atoms with E-state index in [1.165, 1.54) is 0 Å². The minimum absolute atomic E-state index is 0.0170. The Balaban J connectivity index is 1.38. The number of benzene rings is 2. The summed E-state index contributed by atoms with van der Waals surface area (Å²) < 4.78 is 14.0. The van der Waals surface area contributed by atoms with E-state index in [1.807, 2.05) is 45.5 Å². The van der Waals surface area contributed by atoms with Gasteiger partial charge in [0.1, 0.15) is 6.33 Å². The van der Waals surface area contributed by atoms with Crippen LogP contribution in [0.2, 0.25) is 0 Å². The van der Waals surface area contributed by atoms with Crippen molar-refractivity contribution in [3.8, 4) is 22.5 Å². The van der Waals surface area contributed by atoms with E-state index in [9.17, 15) is 9.59 Å². The Morgan fingerprint density at radius 3 is 2.50 bits per heavy atom. The first-order chi connectivity index (χ1) is 19.6. The van der Waals surface area contributed by atoms with Gasteiger partial charge < -0.3 is 4.74 Å². The summed E-state index contributed by atoms with van der Waals surface area (Å²) in [5.74, 6) is 0.409. The number of nitrogens with one attached hydrogen (secondary N) is 1. The Morgan fingerprint density at radius 1 is 1.00 bits per heavy atom. The molecule has 1 N–H and O–H groups in total. The number of H-pyrrole nitrogens is 1. The molecule has 1 fully saturated rings. The van der Waals surface area contributed by atoms with Crippen LogP contribution in [-0.2, 0) is 17.6 Å². The van der Waals surface area contributed by atoms with Gasteiger partial charge in [-0.2, -0.15) is 10.1 Å². The Bertz CT molecular complexity index is 1720. The molecular weight excluding hydrogens is 508 g/mol. The van der Waals surface area contributed by atoms with Crippen molar-refractivity contribution in [2.24, 2.45) is 0 Å². The van der Waals surface area contributed by atoms with Crippen LogP contribution in [0.4, 0.5) is 0 Å². The first kappa shape index (κ1) is 25.9. The zero-order chi connectivity index (χ0) is 27.5. The van der Waals surface area contributed by atoms with Crippen LogP contribution in [0.1, 0.15) is 61.9 Å². The van der Waals surface area contributed by atoms with Gasteiger partial charge in [0.25, 0.3) is 5.56 Å². The maximum absolute atomic E-state index is 14.1. The van der Waals surface area contributed by atoms with Crippen molar-refractivity contribution in [2.75, 3.05) is 13.2 Å². The molecule has 1 aliphatic heterocycles. The first-order valence-corrected chi connectivity index (χ1v) is 13.9. The fraction of sp³-hybridized carbons (Fsp3) is 0.367. The summed E-state index contributed by atoms with van der Waals surface area (Å²) in [5.41, 5.74) is 5.43. The van der Waals surface area contributed by atoms with Gasteiger partial charge in [-0.1, -0.05) is 73.5 Å². The van der Waals surface area contributed by atoms with Gasteiger partial charge in [0, 0.05) is 36.8 Å². The molecule has 10 nitrogen and oxygen atoms in total. The van der Waals surface area contributed by atoms with Crippen molar-refractivity contribution in [2.45, 2.75) is 57.9 Å². The lowest BCUT2D eigenvalue weighted by Gasteiger charge is -2.26. The highest BCUT2D eigenvalue weighted by Gasteiger charge is 2.25. The molecule has 0 saturated carbocycles. The molecule has 206 valence electrons. The van der Waals surface area contributed by atoms with E-state index in [4.69, 9.17) is 9.26 Å². The van der Waals surface area contributed by atoms with Crippen molar-refractivity contribution in [3.63, 3.8) is 0 Å². The van der Waals surface area contributed by atoms with E-state index in [0.717, 1.165) is 72.0 Å². The molecule has 3 aromatic heterocycles. The lowest BCUT2D eigenvalue weighted by molar-refractivity contribution is 0.0693. The topological polar surface area (TPSA) is 120 Å². The Kier molecular flexibility index (Phi) is 7.41. The second-order valence-electron chi connectivity index (χ2n) is 10.2. The molecule has 0 aliphatic carbocycles. The van der Waals surface area contributed by atoms with Crippen molar-refractivity contribution in [1.82, 2.24) is 29.3 Å². The molecule has 0 unspecified atom stereocenters. The van der Waals surface area contributed by atoms with Gasteiger partial charge in [0.05, 0.1) is 5.69 Å². The molecule has 0 radical (unpaired) electrons. The van der Waals surface area contributed by atoms with Gasteiger partial charge in [-0.05, 0) is 42.4 Å². The summed E-state index contributed by atoms with van der Waals surface area (Å²) in [4.78, 5) is 32.8. The van der Waals surface area contributed by atoms with Crippen LogP contribution in [0.5, 0.6) is 0 Å². The molecular formula is C30H32N6O4. The lowest BCUT2D eigenvalue weighted by atomic mass is 9.96. The number of nitrogens with zero attached hydrogens (tertiary/aromatic N) is 5. The lowest BCUT2D eigenvalue weighted by Crippen LogP contribution is -2.34. The first-order valence-electron chi connectivity index (χ1n) is 13.9. The van der Waals surface area contributed by atoms with E-state index in [2.05, 4.69) is 39.3 Å². The fourth-order valence-electron chi connectivity index (χ4n) is 5.62. The van der Waals surface area contributed by atoms with E-state index >= 15 is 0 Å². The number of ether oxygens (including phenoxy) is 1. The molecule has 2 aromatic carbocycles. The van der Waals surface area contributed by atoms with E-state index in [0.29, 0.717) is 31.2 Å². The van der Waals surface area contributed by atoms with Gasteiger partial charge in [-0.3, -0.25) is 18.9 Å². The fourth-order valence-corrected chi connectivity index (χ4v) is 5.62. The third-order valence-electron chi connectivity index (χ3n) is 7.67. The smallest absolute Gasteiger partial charge is 0.381 e. The average molecular weight is 541 g/mol. The quantitative estimate of drug-likeness (QED) is 0.272. The largest absolute Gasteiger partial charge is 0.439 e. The summed E-state index contributed by atoms with van der Waals surface area (Å²) in [6.07, 6.45) is 7.55. The Morgan fingerprint density at radius 2 is 1.77 bits per heavy atom. The predicted molar refractivity (Wildman–Crippen MR) is 150 cm³/mol. The van der Waals surface area contributed by atoms with Gasteiger partial charge in [-0.15, -0.1) is 0 Å². The molecule has 0 bridgehead atoms. The highest BCUT2D eigenvalue weighted by atomic mass is 16.5. The van der Waals surface area contributed by atoms with Crippen LogP contribution in [-0.4, -0.2) is 42.5 Å². The summed E-state index contributed by atoms with van der Waals surface area (Å²) >= 11 is 0. The van der Waals surface area contributed by atoms with E-state index in [-0.39, 0.29) is 11.6 Å². The van der Waals surface area contributed by atoms with E-state index in [1.54, 1.807) is 6.33 Å². The third kappa shape index (κ3) is 5.02. The van der Waals surface area contributed by atoms with Crippen molar-refractivity contribution >= 4 is 5.78 Å². The van der Waals surface area contributed by atoms with Gasteiger partial charge in [0.15, 0.2) is 5.82 Å². The van der Waals surface area contributed by atoms with Crippen LogP contribution in [0, 0.1) is 0 Å². The molecule has 6 rings (SSSR count). The standard InChI is InChI=1S/C30H32N6O4/c1-2-3-4-9-26-25(28(37)35(22-14-16-39-17-15-22)29-31-19-32-36(26)29)18-20-10-12-21(13-11-20)23-7-5-6-8-24(23)27-33-30(38)40-34-27/h5-8,10-13,19,22H,2-4,9,14-18H2,1H3,(H,33,34,38). The number of aromatic amines is 1. The number of hydrogen-bond acceptors (Lipinski definition) is 7. The maximum Gasteiger partial charge on any atom is 0.439 e. The number of aromatic nitrogens is 6. The van der Waals surface area contributed by atoms with Crippen LogP contribution in [0.15, 0.2) is 69.0 Å². The highest BCUT2D eigenvalue weighted by Crippen LogP contribution is 2.30. The average Bonchev–Trinajstić information content (AvgIpc) is 3.65. The zero-order valence-corrected chi connectivity index (χ0v) is 22.5. The summed E-state index contributed by atoms with van der Waals surface area (Å²) in [6.45, 7) is 3.45. The minimum atomic E-state index is -0.592. The van der Waals surface area contributed by atoms with Crippen LogP contribution in [0.3, 0.4) is 0 Å². The predicted octanol–water partition coefficient (Wildman–Crippen LogP) is 4.58. The zero-order valence-electron chi connectivity index (χ0n) is 22.5. The minimum Gasteiger partial charge on any atom is -0.381 e. The van der Waals surface area contributed by atoms with Crippen LogP contribution in [0.25, 0.3) is 28.3 Å². The molecule has 1 saturated heterocycles. The Hall–Kier alpha value is -4.31. The molecule has 0 amide bonds. The van der Waals surface area contributed by atoms with Gasteiger partial charge in [0.2, 0.25) is 5.78 Å². The molecule has 1 aliphatic rings. The highest BCUT2D eigenvalue weighted by molar-refractivity contribution is 5.80. The molecule has 10 heteroatoms. The number of unbranched alkanes of at least 4 members (excludes halogenated alkanes) is 2. The summed E-state index contributed by atoms with van der Waals surface area (Å²) in [7, 11) is 0. The summed E-state index contributed by atoms with van der Waals surface area (Å²) in [5, 5.41) is 8.43. The second-order valence-corrected chi connectivity index (χ2v) is 10.2. The molecule has 40 heavy (non-hydrogen) atoms. The van der Waals surface area contributed by atoms with E-state index < -0.39 is 5.76 Å². The number of rotatable bonds is 9. The van der Waals surface area contributed by atoms with Crippen LogP contribution < -0.4 is 11.3 Å². The van der Waals surface area contributed by atoms with Crippen LogP contribution >= 0.6 is 0 Å². The Labute approximate surface area is 230 Å². The SMILES string of the molecule is CCCCCc1c(Cc2ccc(-c3ccccc3-c3noc(=O)[nH]3)cc2)c(=O)n(C2CCOCC2)c2ncnn12. The van der Waals surface area contributed by atoms with Gasteiger partial charge in [-0.25, -0.2) is 9.31 Å². The number of fused-ring (bicyclic) bond motifs is 1.